The summed E-state index contributed by atoms with van der Waals surface area (Å²) >= 11 is 6.33. The van der Waals surface area contributed by atoms with Crippen molar-refractivity contribution in [3.8, 4) is 5.75 Å². The van der Waals surface area contributed by atoms with E-state index >= 15 is 0 Å². The highest BCUT2D eigenvalue weighted by atomic mass is 35.5. The number of benzene rings is 2. The molecule has 4 heterocycles. The van der Waals surface area contributed by atoms with Crippen LogP contribution in [0, 0.1) is 11.7 Å². The number of aromatic nitrogens is 1. The molecule has 5 atom stereocenters. The number of amides is 4. The van der Waals surface area contributed by atoms with Gasteiger partial charge in [-0.1, -0.05) is 36.6 Å². The number of carbonyl (C=O) groups excluding carboxylic acids is 4. The van der Waals surface area contributed by atoms with Crippen LogP contribution in [0.25, 0.3) is 33.0 Å². The Morgan fingerprint density at radius 3 is 2.62 bits per heavy atom. The van der Waals surface area contributed by atoms with Gasteiger partial charge in [0.2, 0.25) is 21.8 Å². The number of furan rings is 1. The van der Waals surface area contributed by atoms with Crippen molar-refractivity contribution in [1.82, 2.24) is 25.2 Å². The predicted molar refractivity (Wildman–Crippen MR) is 213 cm³/mol. The summed E-state index contributed by atoms with van der Waals surface area (Å²) in [5.41, 5.74) is -0.943. The Hall–Kier alpha value is -4.96. The van der Waals surface area contributed by atoms with Gasteiger partial charge in [0, 0.05) is 28.1 Å². The van der Waals surface area contributed by atoms with Crippen molar-refractivity contribution in [2.75, 3.05) is 6.54 Å². The van der Waals surface area contributed by atoms with Crippen LogP contribution in [0.3, 0.4) is 0 Å². The third-order valence-electron chi connectivity index (χ3n) is 11.1. The van der Waals surface area contributed by atoms with E-state index in [0.29, 0.717) is 58.1 Å². The summed E-state index contributed by atoms with van der Waals surface area (Å²) in [6.45, 7) is 4.97. The molecule has 2 aliphatic heterocycles. The molecule has 4 amide bonds. The second-order valence-corrected chi connectivity index (χ2v) is 19.1. The third-order valence-corrected chi connectivity index (χ3v) is 13.1. The van der Waals surface area contributed by atoms with Crippen molar-refractivity contribution >= 4 is 78.4 Å². The van der Waals surface area contributed by atoms with Gasteiger partial charge in [0.05, 0.1) is 17.3 Å². The highest BCUT2D eigenvalue weighted by Gasteiger charge is 2.62. The Balaban J connectivity index is 1.16. The van der Waals surface area contributed by atoms with Gasteiger partial charge in [-0.15, -0.1) is 0 Å². The molecule has 0 unspecified atom stereocenters. The Morgan fingerprint density at radius 2 is 1.86 bits per heavy atom. The number of allylic oxidation sites excluding steroid dienone is 1. The van der Waals surface area contributed by atoms with Crippen molar-refractivity contribution in [3.05, 3.63) is 59.4 Å². The molecule has 2 aromatic carbocycles. The monoisotopic (exact) mass is 837 g/mol. The SMILES string of the molecule is CC(C)(C)OC(=O)N[C@@H]1CCCCC/C=C\[C@@H]2C[C@@]2(C(=O)NS(=O)(=O)C2CC2)NC(=O)[C@@H]2C[C@H](Oc3c4cc(F)ccc4nc4c3oc3ccc(Cl)cc34)CN2C1=O. The number of sulfonamides is 1. The highest BCUT2D eigenvalue weighted by Crippen LogP contribution is 2.46. The molecule has 2 saturated carbocycles. The first-order valence-electron chi connectivity index (χ1n) is 19.6. The van der Waals surface area contributed by atoms with Crippen LogP contribution < -0.4 is 20.1 Å². The number of halogens is 2. The second kappa shape index (κ2) is 15.0. The van der Waals surface area contributed by atoms with Gasteiger partial charge in [-0.25, -0.2) is 22.6 Å². The van der Waals surface area contributed by atoms with Gasteiger partial charge in [-0.2, -0.15) is 0 Å². The predicted octanol–water partition coefficient (Wildman–Crippen LogP) is 6.17. The number of nitrogens with one attached hydrogen (secondary N) is 3. The molecule has 3 fully saturated rings. The second-order valence-electron chi connectivity index (χ2n) is 16.7. The molecule has 2 aromatic heterocycles. The molecular weight excluding hydrogens is 793 g/mol. The third kappa shape index (κ3) is 8.05. The van der Waals surface area contributed by atoms with Crippen LogP contribution in [0.15, 0.2) is 53.0 Å². The fraction of sp³-hybridized carbons (Fsp3) is 0.488. The summed E-state index contributed by atoms with van der Waals surface area (Å²) in [4.78, 5) is 62.2. The average Bonchev–Trinajstić information content (AvgIpc) is 4.05. The molecule has 4 aliphatic rings. The number of hydrogen-bond acceptors (Lipinski definition) is 10. The first-order chi connectivity index (χ1) is 27.5. The van der Waals surface area contributed by atoms with E-state index in [2.05, 4.69) is 15.4 Å². The van der Waals surface area contributed by atoms with Crippen molar-refractivity contribution in [1.29, 1.82) is 0 Å². The van der Waals surface area contributed by atoms with Gasteiger partial charge in [-0.3, -0.25) is 19.1 Å². The zero-order valence-electron chi connectivity index (χ0n) is 32.3. The summed E-state index contributed by atoms with van der Waals surface area (Å²) < 4.78 is 61.2. The van der Waals surface area contributed by atoms with Crippen molar-refractivity contribution < 1.29 is 45.9 Å². The molecule has 1 saturated heterocycles. The Morgan fingerprint density at radius 1 is 1.07 bits per heavy atom. The minimum atomic E-state index is -3.94. The van der Waals surface area contributed by atoms with E-state index in [1.54, 1.807) is 39.0 Å². The van der Waals surface area contributed by atoms with E-state index in [-0.39, 0.29) is 37.1 Å². The molecular formula is C41H45ClFN5O9S. The zero-order valence-corrected chi connectivity index (χ0v) is 33.9. The van der Waals surface area contributed by atoms with Crippen LogP contribution in [0.4, 0.5) is 9.18 Å². The maximum Gasteiger partial charge on any atom is 0.408 e. The summed E-state index contributed by atoms with van der Waals surface area (Å²) in [6, 6.07) is 6.79. The smallest absolute Gasteiger partial charge is 0.408 e. The topological polar surface area (TPSA) is 186 Å². The van der Waals surface area contributed by atoms with Gasteiger partial charge in [0.25, 0.3) is 5.91 Å². The van der Waals surface area contributed by atoms with Gasteiger partial charge in [-0.05, 0) is 95.7 Å². The average molecular weight is 838 g/mol. The van der Waals surface area contributed by atoms with E-state index in [1.807, 2.05) is 12.2 Å². The largest absolute Gasteiger partial charge is 0.484 e. The van der Waals surface area contributed by atoms with E-state index in [9.17, 15) is 32.0 Å². The number of hydrogen-bond donors (Lipinski definition) is 3. The fourth-order valence-corrected chi connectivity index (χ4v) is 9.47. The molecule has 308 valence electrons. The molecule has 8 rings (SSSR count). The van der Waals surface area contributed by atoms with E-state index < -0.39 is 80.2 Å². The molecule has 3 N–H and O–H groups in total. The number of rotatable bonds is 6. The zero-order chi connectivity index (χ0) is 41.1. The van der Waals surface area contributed by atoms with Crippen LogP contribution in [0.2, 0.25) is 5.02 Å². The van der Waals surface area contributed by atoms with Crippen molar-refractivity contribution in [3.63, 3.8) is 0 Å². The number of nitrogens with zero attached hydrogens (tertiary/aromatic N) is 2. The van der Waals surface area contributed by atoms with Crippen LogP contribution >= 0.6 is 11.6 Å². The first kappa shape index (κ1) is 39.8. The summed E-state index contributed by atoms with van der Waals surface area (Å²) in [6.07, 6.45) is 5.99. The number of carbonyl (C=O) groups is 4. The Labute approximate surface area is 339 Å². The minimum absolute atomic E-state index is 0.0814. The van der Waals surface area contributed by atoms with E-state index in [0.717, 1.165) is 12.8 Å². The van der Waals surface area contributed by atoms with Gasteiger partial charge >= 0.3 is 6.09 Å². The lowest BCUT2D eigenvalue weighted by molar-refractivity contribution is -0.141. The quantitative estimate of drug-likeness (QED) is 0.190. The Kier molecular flexibility index (Phi) is 10.3. The van der Waals surface area contributed by atoms with Crippen LogP contribution in [0.1, 0.15) is 78.6 Å². The molecule has 4 aromatic rings. The molecule has 2 aliphatic carbocycles. The van der Waals surface area contributed by atoms with Crippen molar-refractivity contribution in [2.24, 2.45) is 5.92 Å². The molecule has 0 spiro atoms. The molecule has 17 heteroatoms. The van der Waals surface area contributed by atoms with Crippen LogP contribution in [0.5, 0.6) is 5.75 Å². The maximum atomic E-state index is 14.8. The van der Waals surface area contributed by atoms with E-state index in [4.69, 9.17) is 30.5 Å². The fourth-order valence-electron chi connectivity index (χ4n) is 7.93. The van der Waals surface area contributed by atoms with Crippen LogP contribution in [-0.2, 0) is 29.1 Å². The van der Waals surface area contributed by atoms with Gasteiger partial charge < -0.3 is 29.4 Å². The molecule has 58 heavy (non-hydrogen) atoms. The van der Waals surface area contributed by atoms with Crippen LogP contribution in [-0.4, -0.2) is 83.2 Å². The van der Waals surface area contributed by atoms with E-state index in [1.165, 1.54) is 23.1 Å². The minimum Gasteiger partial charge on any atom is -0.484 e. The highest BCUT2D eigenvalue weighted by molar-refractivity contribution is 7.91. The first-order valence-corrected chi connectivity index (χ1v) is 21.6. The molecule has 0 radical (unpaired) electrons. The standard InChI is InChI=1S/C41H45ClFN5O9S/c1-40(2,3)57-39(52)45-30-10-8-6-4-5-7-9-22-20-41(22,38(51)47-58(53,54)26-13-14-26)46-36(49)31-19-25(21-48(31)37(30)50)55-34-27-18-24(43)12-15-29(27)44-33-28-17-23(42)11-16-32(28)56-35(33)34/h7,9,11-12,15-18,22,25-26,30-31H,4-6,8,10,13-14,19-21H2,1-3H3,(H,45,52)(H,46,49)(H,47,51)/b9-7-/t22-,25+,30-,31+,41-/m1/s1. The summed E-state index contributed by atoms with van der Waals surface area (Å²) in [7, 11) is -3.94. The normalized spacial score (nSPS) is 26.3. The summed E-state index contributed by atoms with van der Waals surface area (Å²) in [5, 5.41) is 6.25. The number of fused-ring (bicyclic) bond motifs is 6. The number of alkyl carbamates (subject to hydrolysis) is 1. The number of pyridine rings is 1. The lowest BCUT2D eigenvalue weighted by Crippen LogP contribution is -2.58. The van der Waals surface area contributed by atoms with Gasteiger partial charge in [0.1, 0.15) is 46.2 Å². The lowest BCUT2D eigenvalue weighted by atomic mass is 10.0. The Bertz CT molecular complexity index is 2480. The summed E-state index contributed by atoms with van der Waals surface area (Å²) in [5.74, 6) is -3.00. The van der Waals surface area contributed by atoms with Crippen molar-refractivity contribution in [2.45, 2.75) is 113 Å². The molecule has 0 bridgehead atoms. The number of ether oxygens (including phenoxy) is 2. The maximum absolute atomic E-state index is 14.8. The van der Waals surface area contributed by atoms with Gasteiger partial charge in [0.15, 0.2) is 11.3 Å². The molecule has 14 nitrogen and oxygen atoms in total. The lowest BCUT2D eigenvalue weighted by Gasteiger charge is -2.30.